The number of anilines is 1. The number of hydrogen-bond acceptors (Lipinski definition) is 19. The van der Waals surface area contributed by atoms with Crippen molar-refractivity contribution in [3.05, 3.63) is 118 Å². The molecule has 26 nitrogen and oxygen atoms in total. The van der Waals surface area contributed by atoms with Crippen LogP contribution in [0.15, 0.2) is 90.1 Å². The monoisotopic (exact) mass is 1270 g/mol. The SMILES string of the molecule is Cn1cc(C(=O)NC[C@H](NCc2ccc(-c3ccc(CNCCCOCCOCCOCCNC(=O)CN4CCN(CC(=O)O)CCN(CC(=O)O)CCN(CC(=O)[O][InH2])CC4)cc3)cc2)C(=O)O)c(=O)c2ccc(CNc3ncc[nH]3)cc21. The zero-order valence-electron chi connectivity index (χ0n) is 47.9. The number of carbonyl (C=O) groups is 6. The van der Waals surface area contributed by atoms with E-state index in [1.807, 2.05) is 46.2 Å². The fourth-order valence-electron chi connectivity index (χ4n) is 9.19. The maximum atomic E-state index is 13.4. The van der Waals surface area contributed by atoms with E-state index < -0.39 is 35.3 Å². The summed E-state index contributed by atoms with van der Waals surface area (Å²) >= 11 is -0.283. The van der Waals surface area contributed by atoms with Gasteiger partial charge in [-0.05, 0) is 52.9 Å². The van der Waals surface area contributed by atoms with Crippen molar-refractivity contribution in [2.45, 2.75) is 32.1 Å². The largest absolute Gasteiger partial charge is 0.480 e. The topological polar surface area (TPSA) is 324 Å². The van der Waals surface area contributed by atoms with Crippen molar-refractivity contribution < 1.29 is 61.2 Å². The van der Waals surface area contributed by atoms with Crippen LogP contribution in [-0.4, -0.2) is 254 Å². The molecule has 1 aliphatic rings. The minimum absolute atomic E-state index is 0.0594. The van der Waals surface area contributed by atoms with E-state index in [9.17, 15) is 48.9 Å². The molecule has 9 N–H and O–H groups in total. The third kappa shape index (κ3) is 23.7. The average molecular weight is 1270 g/mol. The number of carboxylic acids is 3. The molecule has 3 heterocycles. The molecular formula is C57H79InN12O14. The van der Waals surface area contributed by atoms with Crippen LogP contribution in [0, 0.1) is 0 Å². The molecule has 1 saturated heterocycles. The van der Waals surface area contributed by atoms with E-state index >= 15 is 0 Å². The number of H-pyrrole nitrogens is 1. The molecule has 2 amide bonds. The molecule has 0 aliphatic carbocycles. The summed E-state index contributed by atoms with van der Waals surface area (Å²) in [5.74, 6) is -3.72. The summed E-state index contributed by atoms with van der Waals surface area (Å²) in [4.78, 5) is 101. The smallest absolute Gasteiger partial charge is 0.322 e. The van der Waals surface area contributed by atoms with Gasteiger partial charge in [0, 0.05) is 63.8 Å². The fraction of sp³-hybridized carbons (Fsp3) is 0.474. The van der Waals surface area contributed by atoms with Gasteiger partial charge in [-0.1, -0.05) is 54.6 Å². The number of benzene rings is 3. The van der Waals surface area contributed by atoms with Crippen molar-refractivity contribution in [2.75, 3.05) is 143 Å². The van der Waals surface area contributed by atoms with Crippen LogP contribution in [0.1, 0.15) is 33.5 Å². The van der Waals surface area contributed by atoms with E-state index in [0.29, 0.717) is 122 Å². The van der Waals surface area contributed by atoms with E-state index in [1.165, 1.54) is 6.20 Å². The molecule has 27 heteroatoms. The third-order valence-electron chi connectivity index (χ3n) is 13.9. The Hall–Kier alpha value is -6.79. The van der Waals surface area contributed by atoms with E-state index in [-0.39, 0.29) is 88.1 Å². The second-order valence-electron chi connectivity index (χ2n) is 20.2. The quantitative estimate of drug-likeness (QED) is 0.0238. The number of amides is 2. The Balaban J connectivity index is 0.789. The second-order valence-corrected chi connectivity index (χ2v) is 21.4. The van der Waals surface area contributed by atoms with E-state index in [2.05, 4.69) is 60.8 Å². The number of ether oxygens (including phenoxy) is 3. The van der Waals surface area contributed by atoms with Gasteiger partial charge in [0.2, 0.25) is 5.43 Å². The average Bonchev–Trinajstić information content (AvgIpc) is 4.14. The Labute approximate surface area is 502 Å². The van der Waals surface area contributed by atoms with E-state index in [0.717, 1.165) is 40.8 Å². The molecule has 0 radical (unpaired) electrons. The van der Waals surface area contributed by atoms with Crippen molar-refractivity contribution in [2.24, 2.45) is 7.05 Å². The minimum Gasteiger partial charge on any atom is -0.480 e. The van der Waals surface area contributed by atoms with Gasteiger partial charge in [0.1, 0.15) is 11.6 Å². The minimum atomic E-state index is -1.14. The first-order valence-corrected chi connectivity index (χ1v) is 30.4. The van der Waals surface area contributed by atoms with Crippen molar-refractivity contribution >= 4 is 77.4 Å². The van der Waals surface area contributed by atoms with Gasteiger partial charge in [0.05, 0.1) is 31.9 Å². The molecule has 1 fully saturated rings. The number of aromatic amines is 1. The predicted octanol–water partition coefficient (Wildman–Crippen LogP) is -0.359. The maximum Gasteiger partial charge on any atom is 0.322 e. The van der Waals surface area contributed by atoms with Gasteiger partial charge in [0.15, 0.2) is 5.95 Å². The predicted molar refractivity (Wildman–Crippen MR) is 315 cm³/mol. The van der Waals surface area contributed by atoms with Crippen LogP contribution in [0.2, 0.25) is 0 Å². The Kier molecular flexibility index (Phi) is 28.6. The molecule has 5 aromatic rings. The van der Waals surface area contributed by atoms with Crippen LogP contribution in [0.3, 0.4) is 0 Å². The van der Waals surface area contributed by atoms with Gasteiger partial charge in [-0.25, -0.2) is 4.98 Å². The Morgan fingerprint density at radius 1 is 0.655 bits per heavy atom. The first kappa shape index (κ1) is 66.4. The molecule has 0 unspecified atom stereocenters. The van der Waals surface area contributed by atoms with E-state index in [4.69, 9.17) is 17.1 Å². The number of fused-ring (bicyclic) bond motifs is 1. The summed E-state index contributed by atoms with van der Waals surface area (Å²) < 4.78 is 23.7. The zero-order valence-corrected chi connectivity index (χ0v) is 53.6. The molecule has 84 heavy (non-hydrogen) atoms. The molecule has 6 rings (SSSR count). The molecule has 0 spiro atoms. The summed E-state index contributed by atoms with van der Waals surface area (Å²) in [6.45, 7) is 7.42. The van der Waals surface area contributed by atoms with Crippen LogP contribution in [0.5, 0.6) is 0 Å². The number of nitrogens with one attached hydrogen (secondary N) is 6. The number of aromatic nitrogens is 3. The molecule has 0 saturated carbocycles. The number of carbonyl (C=O) groups excluding carboxylic acids is 3. The first-order valence-electron chi connectivity index (χ1n) is 28.0. The second kappa shape index (κ2) is 36.1. The van der Waals surface area contributed by atoms with Gasteiger partial charge >= 0.3 is 194 Å². The van der Waals surface area contributed by atoms with Crippen LogP contribution in [0.25, 0.3) is 22.0 Å². The van der Waals surface area contributed by atoms with Crippen molar-refractivity contribution in [3.63, 3.8) is 0 Å². The summed E-state index contributed by atoms with van der Waals surface area (Å²) in [5.41, 5.74) is 5.07. The van der Waals surface area contributed by atoms with Crippen LogP contribution in [-0.2, 0) is 67.7 Å². The molecule has 2 aromatic heterocycles. The molecular weight excluding hydrogens is 1190 g/mol. The number of imidazole rings is 1. The van der Waals surface area contributed by atoms with Crippen LogP contribution in [0.4, 0.5) is 5.95 Å². The number of aliphatic carboxylic acids is 3. The van der Waals surface area contributed by atoms with Gasteiger partial charge in [-0.2, -0.15) is 0 Å². The normalized spacial score (nSPS) is 14.5. The van der Waals surface area contributed by atoms with Crippen LogP contribution < -0.4 is 32.0 Å². The number of rotatable bonds is 34. The first-order chi connectivity index (χ1) is 40.6. The molecule has 1 aliphatic heterocycles. The van der Waals surface area contributed by atoms with Crippen LogP contribution >= 0.6 is 0 Å². The Morgan fingerprint density at radius 3 is 1.76 bits per heavy atom. The number of nitrogens with zero attached hydrogens (tertiary/aromatic N) is 6. The van der Waals surface area contributed by atoms with Crippen molar-refractivity contribution in [1.82, 2.24) is 55.4 Å². The maximum absolute atomic E-state index is 13.4. The van der Waals surface area contributed by atoms with Gasteiger partial charge < -0.3 is 49.9 Å². The van der Waals surface area contributed by atoms with Gasteiger partial charge in [-0.3, -0.25) is 24.5 Å². The number of hydrogen-bond donors (Lipinski definition) is 9. The summed E-state index contributed by atoms with van der Waals surface area (Å²) in [5, 5.41) is 44.3. The summed E-state index contributed by atoms with van der Waals surface area (Å²) in [7, 11) is 1.75. The molecule has 0 bridgehead atoms. The molecule has 1 atom stereocenters. The number of aryl methyl sites for hydroxylation is 1. The van der Waals surface area contributed by atoms with E-state index in [1.54, 1.807) is 39.9 Å². The molecule has 454 valence electrons. The third-order valence-corrected chi connectivity index (χ3v) is 15.2. The summed E-state index contributed by atoms with van der Waals surface area (Å²) in [6.07, 6.45) is 5.64. The molecule has 3 aromatic carbocycles. The van der Waals surface area contributed by atoms with Gasteiger partial charge in [-0.15, -0.1) is 0 Å². The Bertz CT molecular complexity index is 2940. The number of carboxylic acid groups (broad SMARTS) is 3. The zero-order chi connectivity index (χ0) is 60.1. The Morgan fingerprint density at radius 2 is 1.20 bits per heavy atom. The van der Waals surface area contributed by atoms with Gasteiger partial charge in [0.25, 0.3) is 5.91 Å². The fourth-order valence-corrected chi connectivity index (χ4v) is 9.56. The number of pyridine rings is 1. The summed E-state index contributed by atoms with van der Waals surface area (Å²) in [6, 6.07) is 20.3. The van der Waals surface area contributed by atoms with Crippen molar-refractivity contribution in [3.8, 4) is 11.1 Å². The standard InChI is InChI=1S/C57H78N12O14.In.2H/c1-65-36-47(54(77)46-12-7-43(31-49(46)65)34-64-57-60-14-15-61-57)55(78)63-35-48(56(79)80)62-33-42-5-10-45(11-6-42)44-8-3-41(4-9-44)32-58-13-2-25-81-27-29-83-30-28-82-26-16-59-50(70)37-66-17-19-67(38-51(71)72)21-23-69(40-53(75)76)24-22-68(20-18-66)39-52(73)74;;;/h3-12,14-15,31,36,48,58,62H,2,13,16-30,32-35,37-40H2,1H3,(H,59,70)(H,63,78)(H,71,72)(H,73,74)(H,75,76)(H,79,80)(H2,60,61,64);;;/q;+1;;/p-1/t48-;;;/m0.../s1. The van der Waals surface area contributed by atoms with Crippen molar-refractivity contribution in [1.29, 1.82) is 0 Å².